The third-order valence-electron chi connectivity index (χ3n) is 4.21. The molecular weight excluding hydrogens is 148 g/mol. The molecule has 0 radical (unpaired) electrons. The molecule has 1 heteroatoms. The van der Waals surface area contributed by atoms with Crippen molar-refractivity contribution in [1.29, 1.82) is 0 Å². The van der Waals surface area contributed by atoms with E-state index in [2.05, 4.69) is 6.08 Å². The van der Waals surface area contributed by atoms with Gasteiger partial charge in [0.1, 0.15) is 0 Å². The van der Waals surface area contributed by atoms with Crippen LogP contribution in [-0.4, -0.2) is 5.78 Å². The van der Waals surface area contributed by atoms with E-state index in [0.29, 0.717) is 16.6 Å². The predicted octanol–water partition coefficient (Wildman–Crippen LogP) is 2.47. The Hall–Kier alpha value is -0.590. The normalized spacial score (nSPS) is 49.8. The highest BCUT2D eigenvalue weighted by Crippen LogP contribution is 2.75. The second kappa shape index (κ2) is 1.84. The molecule has 64 valence electrons. The van der Waals surface area contributed by atoms with Gasteiger partial charge in [-0.15, -0.1) is 0 Å². The van der Waals surface area contributed by atoms with Crippen molar-refractivity contribution < 1.29 is 4.79 Å². The van der Waals surface area contributed by atoms with Crippen molar-refractivity contribution in [3.05, 3.63) is 12.2 Å². The minimum absolute atomic E-state index is 0.366. The van der Waals surface area contributed by atoms with Crippen molar-refractivity contribution in [3.8, 4) is 0 Å². The van der Waals surface area contributed by atoms with Gasteiger partial charge in [0.15, 0.2) is 5.78 Å². The number of hydrogen-bond acceptors (Lipinski definition) is 1. The summed E-state index contributed by atoms with van der Waals surface area (Å²) in [4.78, 5) is 11.3. The second-order valence-corrected chi connectivity index (χ2v) is 4.80. The number of carbonyl (C=O) groups excluding carboxylic acids is 1. The van der Waals surface area contributed by atoms with E-state index in [0.717, 1.165) is 6.42 Å². The van der Waals surface area contributed by atoms with Gasteiger partial charge in [-0.1, -0.05) is 18.9 Å². The van der Waals surface area contributed by atoms with Crippen LogP contribution in [-0.2, 0) is 4.79 Å². The van der Waals surface area contributed by atoms with Gasteiger partial charge in [0, 0.05) is 6.42 Å². The Kier molecular flexibility index (Phi) is 1.05. The van der Waals surface area contributed by atoms with Crippen molar-refractivity contribution in [2.45, 2.75) is 38.5 Å². The van der Waals surface area contributed by atoms with Crippen LogP contribution in [0.25, 0.3) is 0 Å². The molecule has 0 saturated heterocycles. The van der Waals surface area contributed by atoms with E-state index >= 15 is 0 Å². The highest BCUT2D eigenvalue weighted by Gasteiger charge is 2.67. The molecule has 0 unspecified atom stereocenters. The van der Waals surface area contributed by atoms with E-state index < -0.39 is 0 Å². The molecule has 0 heterocycles. The van der Waals surface area contributed by atoms with Gasteiger partial charge in [0.05, 0.1) is 0 Å². The second-order valence-electron chi connectivity index (χ2n) is 4.80. The molecule has 3 aliphatic rings. The summed E-state index contributed by atoms with van der Waals surface area (Å²) < 4.78 is 0. The molecule has 0 bridgehead atoms. The lowest BCUT2D eigenvalue weighted by Crippen LogP contribution is -2.23. The Morgan fingerprint density at radius 3 is 3.00 bits per heavy atom. The zero-order valence-electron chi connectivity index (χ0n) is 7.31. The van der Waals surface area contributed by atoms with Crippen LogP contribution < -0.4 is 0 Å². The van der Waals surface area contributed by atoms with Gasteiger partial charge in [-0.05, 0) is 36.2 Å². The van der Waals surface area contributed by atoms with Crippen LogP contribution in [0, 0.1) is 10.8 Å². The largest absolute Gasteiger partial charge is 0.295 e. The Labute approximate surface area is 72.8 Å². The minimum atomic E-state index is 0.366. The number of rotatable bonds is 0. The van der Waals surface area contributed by atoms with E-state index in [-0.39, 0.29) is 0 Å². The molecule has 3 rings (SSSR count). The molecule has 0 spiro atoms. The highest BCUT2D eigenvalue weighted by atomic mass is 16.1. The molecule has 0 N–H and O–H groups in total. The molecule has 0 amide bonds. The molecule has 0 aromatic rings. The van der Waals surface area contributed by atoms with Gasteiger partial charge in [-0.2, -0.15) is 0 Å². The number of allylic oxidation sites excluding steroid dienone is 2. The lowest BCUT2D eigenvalue weighted by Gasteiger charge is -2.30. The van der Waals surface area contributed by atoms with E-state index in [1.165, 1.54) is 32.1 Å². The maximum absolute atomic E-state index is 11.3. The van der Waals surface area contributed by atoms with Crippen LogP contribution in [0.2, 0.25) is 0 Å². The zero-order valence-corrected chi connectivity index (χ0v) is 7.31. The molecule has 2 saturated carbocycles. The van der Waals surface area contributed by atoms with Gasteiger partial charge in [0.25, 0.3) is 0 Å². The molecule has 0 aromatic heterocycles. The summed E-state index contributed by atoms with van der Waals surface area (Å²) >= 11 is 0. The number of hydrogen-bond donors (Lipinski definition) is 0. The third-order valence-corrected chi connectivity index (χ3v) is 4.21. The quantitative estimate of drug-likeness (QED) is 0.534. The summed E-state index contributed by atoms with van der Waals surface area (Å²) in [6, 6.07) is 0. The van der Waals surface area contributed by atoms with Crippen LogP contribution in [0.5, 0.6) is 0 Å². The molecule has 0 aliphatic heterocycles. The van der Waals surface area contributed by atoms with Crippen LogP contribution in [0.3, 0.4) is 0 Å². The fourth-order valence-electron chi connectivity index (χ4n) is 3.45. The van der Waals surface area contributed by atoms with Crippen LogP contribution in [0.15, 0.2) is 12.2 Å². The van der Waals surface area contributed by atoms with Crippen LogP contribution in [0.4, 0.5) is 0 Å². The SMILES string of the molecule is O=C1C=C[C@]23CCCC[C@@]2(C1)C3. The van der Waals surface area contributed by atoms with Crippen LogP contribution >= 0.6 is 0 Å². The third kappa shape index (κ3) is 0.634. The summed E-state index contributed by atoms with van der Waals surface area (Å²) in [6.07, 6.45) is 11.6. The predicted molar refractivity (Wildman–Crippen MR) is 46.7 cm³/mol. The highest BCUT2D eigenvalue weighted by molar-refractivity contribution is 5.92. The Morgan fingerprint density at radius 2 is 2.08 bits per heavy atom. The molecule has 2 atom stereocenters. The van der Waals surface area contributed by atoms with Gasteiger partial charge >= 0.3 is 0 Å². The Morgan fingerprint density at radius 1 is 1.25 bits per heavy atom. The topological polar surface area (TPSA) is 17.1 Å². The van der Waals surface area contributed by atoms with E-state index in [4.69, 9.17) is 0 Å². The average molecular weight is 162 g/mol. The monoisotopic (exact) mass is 162 g/mol. The van der Waals surface area contributed by atoms with Gasteiger partial charge in [-0.3, -0.25) is 4.79 Å². The lowest BCUT2D eigenvalue weighted by molar-refractivity contribution is -0.116. The summed E-state index contributed by atoms with van der Waals surface area (Å²) in [5, 5.41) is 0. The number of ketones is 1. The van der Waals surface area contributed by atoms with Gasteiger partial charge in [0.2, 0.25) is 0 Å². The average Bonchev–Trinajstić information content (AvgIpc) is 2.72. The summed E-state index contributed by atoms with van der Waals surface area (Å²) in [5.41, 5.74) is 0.955. The Bertz CT molecular complexity index is 279. The first-order chi connectivity index (χ1) is 5.77. The smallest absolute Gasteiger partial charge is 0.155 e. The fourth-order valence-corrected chi connectivity index (χ4v) is 3.45. The van der Waals surface area contributed by atoms with Crippen molar-refractivity contribution in [2.75, 3.05) is 0 Å². The molecule has 1 nitrogen and oxygen atoms in total. The maximum Gasteiger partial charge on any atom is 0.155 e. The summed E-state index contributed by atoms with van der Waals surface area (Å²) in [5.74, 6) is 0.366. The van der Waals surface area contributed by atoms with Crippen molar-refractivity contribution in [1.82, 2.24) is 0 Å². The summed E-state index contributed by atoms with van der Waals surface area (Å²) in [7, 11) is 0. The Balaban J connectivity index is 2.01. The van der Waals surface area contributed by atoms with Crippen molar-refractivity contribution >= 4 is 5.78 Å². The fraction of sp³-hybridized carbons (Fsp3) is 0.727. The molecular formula is C11H14O. The van der Waals surface area contributed by atoms with Gasteiger partial charge < -0.3 is 0 Å². The molecule has 3 aliphatic carbocycles. The standard InChI is InChI=1S/C11H14O/c12-9-3-6-10-4-1-2-5-11(10,7-9)8-10/h3,6H,1-2,4-5,7-8H2/t10-,11+/m0/s1. The first-order valence-electron chi connectivity index (χ1n) is 4.99. The first kappa shape index (κ1) is 6.88. The molecule has 0 aromatic carbocycles. The molecule has 2 fully saturated rings. The lowest BCUT2D eigenvalue weighted by atomic mass is 9.74. The molecule has 12 heavy (non-hydrogen) atoms. The maximum atomic E-state index is 11.3. The van der Waals surface area contributed by atoms with Gasteiger partial charge in [-0.25, -0.2) is 0 Å². The van der Waals surface area contributed by atoms with E-state index in [1.54, 1.807) is 0 Å². The van der Waals surface area contributed by atoms with E-state index in [9.17, 15) is 4.79 Å². The van der Waals surface area contributed by atoms with Crippen molar-refractivity contribution in [2.24, 2.45) is 10.8 Å². The minimum Gasteiger partial charge on any atom is -0.295 e. The summed E-state index contributed by atoms with van der Waals surface area (Å²) in [6.45, 7) is 0. The van der Waals surface area contributed by atoms with Crippen molar-refractivity contribution in [3.63, 3.8) is 0 Å². The number of carbonyl (C=O) groups is 1. The zero-order chi connectivity index (χ0) is 8.23. The van der Waals surface area contributed by atoms with E-state index in [1.807, 2.05) is 6.08 Å². The first-order valence-corrected chi connectivity index (χ1v) is 4.99. The van der Waals surface area contributed by atoms with Crippen LogP contribution in [0.1, 0.15) is 38.5 Å².